The first-order valence-electron chi connectivity index (χ1n) is 5.96. The molecule has 0 bridgehead atoms. The van der Waals surface area contributed by atoms with E-state index in [9.17, 15) is 4.79 Å². The molecule has 3 nitrogen and oxygen atoms in total. The summed E-state index contributed by atoms with van der Waals surface area (Å²) in [5.41, 5.74) is 3.41. The van der Waals surface area contributed by atoms with Crippen molar-refractivity contribution in [2.75, 3.05) is 10.6 Å². The predicted molar refractivity (Wildman–Crippen MR) is 80.0 cm³/mol. The molecule has 0 aliphatic rings. The van der Waals surface area contributed by atoms with E-state index in [1.807, 2.05) is 44.2 Å². The second-order valence-electron chi connectivity index (χ2n) is 4.36. The lowest BCUT2D eigenvalue weighted by atomic mass is 10.2. The lowest BCUT2D eigenvalue weighted by Gasteiger charge is -2.11. The predicted octanol–water partition coefficient (Wildman–Crippen LogP) is 4.60. The Bertz CT molecular complexity index is 611. The van der Waals surface area contributed by atoms with Crippen LogP contribution in [0.1, 0.15) is 11.1 Å². The summed E-state index contributed by atoms with van der Waals surface area (Å²) in [7, 11) is 0. The van der Waals surface area contributed by atoms with Crippen molar-refractivity contribution >= 4 is 29.0 Å². The number of anilines is 2. The number of hydrogen-bond donors (Lipinski definition) is 2. The molecule has 2 aromatic rings. The van der Waals surface area contributed by atoms with Gasteiger partial charge >= 0.3 is 6.03 Å². The highest BCUT2D eigenvalue weighted by Gasteiger charge is 2.06. The van der Waals surface area contributed by atoms with Gasteiger partial charge in [0.2, 0.25) is 0 Å². The Labute approximate surface area is 117 Å². The van der Waals surface area contributed by atoms with Crippen molar-refractivity contribution in [3.8, 4) is 0 Å². The molecule has 19 heavy (non-hydrogen) atoms. The van der Waals surface area contributed by atoms with E-state index in [2.05, 4.69) is 10.6 Å². The van der Waals surface area contributed by atoms with Crippen molar-refractivity contribution in [3.05, 3.63) is 58.6 Å². The van der Waals surface area contributed by atoms with E-state index in [0.29, 0.717) is 10.7 Å². The van der Waals surface area contributed by atoms with Crippen LogP contribution in [0.4, 0.5) is 16.2 Å². The van der Waals surface area contributed by atoms with E-state index in [1.165, 1.54) is 0 Å². The molecular weight excluding hydrogens is 260 g/mol. The number of aryl methyl sites for hydroxylation is 1. The number of rotatable bonds is 2. The molecule has 2 aromatic carbocycles. The highest BCUT2D eigenvalue weighted by atomic mass is 35.5. The third kappa shape index (κ3) is 3.48. The zero-order valence-electron chi connectivity index (χ0n) is 10.8. The summed E-state index contributed by atoms with van der Waals surface area (Å²) in [6.07, 6.45) is 0. The molecular formula is C15H15ClN2O. The Kier molecular flexibility index (Phi) is 4.07. The van der Waals surface area contributed by atoms with Gasteiger partial charge in [0.25, 0.3) is 0 Å². The first-order chi connectivity index (χ1) is 9.06. The molecule has 0 spiro atoms. The minimum absolute atomic E-state index is 0.282. The number of benzene rings is 2. The van der Waals surface area contributed by atoms with Gasteiger partial charge in [-0.1, -0.05) is 29.8 Å². The largest absolute Gasteiger partial charge is 0.323 e. The minimum atomic E-state index is -0.282. The second-order valence-corrected chi connectivity index (χ2v) is 4.77. The number of urea groups is 1. The molecule has 0 unspecified atom stereocenters. The fourth-order valence-electron chi connectivity index (χ4n) is 1.75. The summed E-state index contributed by atoms with van der Waals surface area (Å²) in [5, 5.41) is 6.20. The molecule has 0 aromatic heterocycles. The lowest BCUT2D eigenvalue weighted by Crippen LogP contribution is -2.20. The zero-order valence-corrected chi connectivity index (χ0v) is 11.6. The zero-order chi connectivity index (χ0) is 13.8. The van der Waals surface area contributed by atoms with E-state index in [4.69, 9.17) is 11.6 Å². The SMILES string of the molecule is Cc1cccc(NC(=O)Nc2cccc(Cl)c2C)c1. The number of amides is 2. The van der Waals surface area contributed by atoms with Gasteiger partial charge in [0, 0.05) is 16.4 Å². The highest BCUT2D eigenvalue weighted by Crippen LogP contribution is 2.23. The van der Waals surface area contributed by atoms with Crippen LogP contribution in [0.25, 0.3) is 0 Å². The summed E-state index contributed by atoms with van der Waals surface area (Å²) in [6, 6.07) is 12.8. The van der Waals surface area contributed by atoms with Gasteiger partial charge in [-0.15, -0.1) is 0 Å². The normalized spacial score (nSPS) is 10.1. The average molecular weight is 275 g/mol. The number of halogens is 1. The Morgan fingerprint density at radius 2 is 1.79 bits per heavy atom. The topological polar surface area (TPSA) is 41.1 Å². The van der Waals surface area contributed by atoms with Gasteiger partial charge in [0.15, 0.2) is 0 Å². The van der Waals surface area contributed by atoms with Crippen LogP contribution in [0, 0.1) is 13.8 Å². The Morgan fingerprint density at radius 1 is 1.05 bits per heavy atom. The first kappa shape index (κ1) is 13.4. The van der Waals surface area contributed by atoms with Crippen LogP contribution in [-0.4, -0.2) is 6.03 Å². The third-order valence-corrected chi connectivity index (χ3v) is 3.20. The molecule has 2 amide bonds. The maximum Gasteiger partial charge on any atom is 0.323 e. The van der Waals surface area contributed by atoms with Crippen LogP contribution in [0.2, 0.25) is 5.02 Å². The van der Waals surface area contributed by atoms with E-state index in [0.717, 1.165) is 16.8 Å². The third-order valence-electron chi connectivity index (χ3n) is 2.79. The molecule has 0 aliphatic heterocycles. The minimum Gasteiger partial charge on any atom is -0.308 e. The average Bonchev–Trinajstić information content (AvgIpc) is 2.35. The van der Waals surface area contributed by atoms with E-state index in [-0.39, 0.29) is 6.03 Å². The quantitative estimate of drug-likeness (QED) is 0.825. The molecule has 0 saturated carbocycles. The van der Waals surface area contributed by atoms with Gasteiger partial charge < -0.3 is 10.6 Å². The van der Waals surface area contributed by atoms with E-state index < -0.39 is 0 Å². The fourth-order valence-corrected chi connectivity index (χ4v) is 1.92. The van der Waals surface area contributed by atoms with Crippen LogP contribution in [-0.2, 0) is 0 Å². The molecule has 98 valence electrons. The highest BCUT2D eigenvalue weighted by molar-refractivity contribution is 6.31. The summed E-state index contributed by atoms with van der Waals surface area (Å²) in [5.74, 6) is 0. The number of hydrogen-bond acceptors (Lipinski definition) is 1. The summed E-state index contributed by atoms with van der Waals surface area (Å²) in [4.78, 5) is 11.9. The Balaban J connectivity index is 2.08. The summed E-state index contributed by atoms with van der Waals surface area (Å²) in [6.45, 7) is 3.84. The van der Waals surface area contributed by atoms with Crippen LogP contribution >= 0.6 is 11.6 Å². The van der Waals surface area contributed by atoms with Crippen molar-refractivity contribution in [2.45, 2.75) is 13.8 Å². The number of nitrogens with one attached hydrogen (secondary N) is 2. The Hall–Kier alpha value is -2.00. The lowest BCUT2D eigenvalue weighted by molar-refractivity contribution is 0.262. The smallest absolute Gasteiger partial charge is 0.308 e. The van der Waals surface area contributed by atoms with Gasteiger partial charge in [0.05, 0.1) is 0 Å². The van der Waals surface area contributed by atoms with Crippen molar-refractivity contribution in [1.29, 1.82) is 0 Å². The van der Waals surface area contributed by atoms with Crippen molar-refractivity contribution in [3.63, 3.8) is 0 Å². The maximum absolute atomic E-state index is 11.9. The number of carbonyl (C=O) groups excluding carboxylic acids is 1. The van der Waals surface area contributed by atoms with Gasteiger partial charge in [-0.05, 0) is 49.2 Å². The second kappa shape index (κ2) is 5.76. The molecule has 0 radical (unpaired) electrons. The Morgan fingerprint density at radius 3 is 2.53 bits per heavy atom. The first-order valence-corrected chi connectivity index (χ1v) is 6.34. The molecule has 0 aliphatic carbocycles. The maximum atomic E-state index is 11.9. The molecule has 0 atom stereocenters. The van der Waals surface area contributed by atoms with Crippen LogP contribution in [0.3, 0.4) is 0 Å². The fraction of sp³-hybridized carbons (Fsp3) is 0.133. The van der Waals surface area contributed by atoms with Crippen molar-refractivity contribution in [2.24, 2.45) is 0 Å². The van der Waals surface area contributed by atoms with Gasteiger partial charge in [-0.3, -0.25) is 0 Å². The van der Waals surface area contributed by atoms with E-state index in [1.54, 1.807) is 12.1 Å². The van der Waals surface area contributed by atoms with Gasteiger partial charge in [-0.25, -0.2) is 4.79 Å². The van der Waals surface area contributed by atoms with Crippen LogP contribution < -0.4 is 10.6 Å². The van der Waals surface area contributed by atoms with Gasteiger partial charge in [0.1, 0.15) is 0 Å². The molecule has 4 heteroatoms. The number of carbonyl (C=O) groups is 1. The molecule has 0 heterocycles. The standard InChI is InChI=1S/C15H15ClN2O/c1-10-5-3-6-12(9-10)17-15(19)18-14-8-4-7-13(16)11(14)2/h3-9H,1-2H3,(H2,17,18,19). The molecule has 0 fully saturated rings. The molecule has 2 rings (SSSR count). The van der Waals surface area contributed by atoms with Crippen LogP contribution in [0.5, 0.6) is 0 Å². The molecule has 2 N–H and O–H groups in total. The summed E-state index contributed by atoms with van der Waals surface area (Å²) < 4.78 is 0. The van der Waals surface area contributed by atoms with Crippen molar-refractivity contribution < 1.29 is 4.79 Å². The van der Waals surface area contributed by atoms with Crippen LogP contribution in [0.15, 0.2) is 42.5 Å². The summed E-state index contributed by atoms with van der Waals surface area (Å²) >= 11 is 6.01. The van der Waals surface area contributed by atoms with Crippen molar-refractivity contribution in [1.82, 2.24) is 0 Å². The molecule has 0 saturated heterocycles. The van der Waals surface area contributed by atoms with E-state index >= 15 is 0 Å². The van der Waals surface area contributed by atoms with Gasteiger partial charge in [-0.2, -0.15) is 0 Å². The monoisotopic (exact) mass is 274 g/mol.